The van der Waals surface area contributed by atoms with E-state index in [-0.39, 0.29) is 0 Å². The molecular weight excluding hydrogens is 814 g/mol. The zero-order valence-corrected chi connectivity index (χ0v) is 35.1. The second-order valence-electron chi connectivity index (χ2n) is 14.6. The van der Waals surface area contributed by atoms with Crippen LogP contribution in [0.1, 0.15) is 0 Å². The van der Waals surface area contributed by atoms with Gasteiger partial charge in [0.2, 0.25) is 0 Å². The quantitative estimate of drug-likeness (QED) is 0.0943. The van der Waals surface area contributed by atoms with Gasteiger partial charge in [-0.15, -0.1) is 0 Å². The van der Waals surface area contributed by atoms with Crippen LogP contribution in [0.2, 0.25) is 0 Å². The van der Waals surface area contributed by atoms with Gasteiger partial charge in [-0.25, -0.2) is 0 Å². The van der Waals surface area contributed by atoms with Crippen LogP contribution in [0.15, 0.2) is 206 Å². The summed E-state index contributed by atoms with van der Waals surface area (Å²) in [5.74, 6) is 0. The van der Waals surface area contributed by atoms with Crippen LogP contribution in [-0.4, -0.2) is 24.5 Å². The van der Waals surface area contributed by atoms with Gasteiger partial charge in [-0.1, -0.05) is 48.5 Å². The van der Waals surface area contributed by atoms with Gasteiger partial charge in [0, 0.05) is 0 Å². The van der Waals surface area contributed by atoms with Gasteiger partial charge in [0.25, 0.3) is 0 Å². The molecule has 0 radical (unpaired) electrons. The summed E-state index contributed by atoms with van der Waals surface area (Å²) < 4.78 is 2.41. The molecule has 11 aromatic rings. The van der Waals surface area contributed by atoms with Crippen LogP contribution in [0.5, 0.6) is 0 Å². The van der Waals surface area contributed by atoms with Crippen LogP contribution in [0.25, 0.3) is 59.9 Å². The molecule has 6 heteroatoms. The number of hydrogen-bond acceptors (Lipinski definition) is 2. The Morgan fingerprint density at radius 3 is 1.67 bits per heavy atom. The minimum absolute atomic E-state index is 0.945. The number of benzene rings is 9. The maximum absolute atomic E-state index is 6.95. The minimum atomic E-state index is -2.48. The molecule has 0 spiro atoms. The normalized spacial score (nSPS) is 13.2. The second kappa shape index (κ2) is 13.6. The Hall–Kier alpha value is -5.43. The fourth-order valence-electron chi connectivity index (χ4n) is 8.72. The molecule has 57 heavy (non-hydrogen) atoms. The van der Waals surface area contributed by atoms with E-state index in [4.69, 9.17) is 16.8 Å². The Kier molecular flexibility index (Phi) is 8.30. The van der Waals surface area contributed by atoms with Crippen LogP contribution >= 0.6 is 11.5 Å². The monoisotopic (exact) mass is 848 g/mol. The van der Waals surface area contributed by atoms with E-state index in [1.54, 1.807) is 0 Å². The fraction of sp³-hybridized carbons (Fsp3) is 0. The molecule has 2 aromatic heterocycles. The molecule has 0 amide bonds. The Balaban J connectivity index is 1.23. The average molecular weight is 848 g/mol. The first-order valence-electron chi connectivity index (χ1n) is 19.1. The molecule has 0 saturated heterocycles. The van der Waals surface area contributed by atoms with Crippen LogP contribution in [0, 0.1) is 0 Å². The first-order chi connectivity index (χ1) is 28.0. The molecule has 9 aromatic carbocycles. The summed E-state index contributed by atoms with van der Waals surface area (Å²) in [7, 11) is 0. The van der Waals surface area contributed by atoms with Crippen molar-refractivity contribution in [2.75, 3.05) is 0 Å². The third-order valence-electron chi connectivity index (χ3n) is 11.5. The fourth-order valence-corrected chi connectivity index (χ4v) is 17.4. The van der Waals surface area contributed by atoms with E-state index in [9.17, 15) is 0 Å². The van der Waals surface area contributed by atoms with Crippen molar-refractivity contribution in [3.8, 4) is 0 Å². The summed E-state index contributed by atoms with van der Waals surface area (Å²) in [6.07, 6.45) is 0. The van der Waals surface area contributed by atoms with Gasteiger partial charge >= 0.3 is 287 Å². The van der Waals surface area contributed by atoms with Crippen molar-refractivity contribution >= 4 is 130 Å². The molecule has 2 heterocycles. The summed E-state index contributed by atoms with van der Waals surface area (Å²) in [5, 5.41) is 15.8. The average Bonchev–Trinajstić information content (AvgIpc) is 3.68. The van der Waals surface area contributed by atoms with Gasteiger partial charge in [-0.2, -0.15) is 0 Å². The summed E-state index contributed by atoms with van der Waals surface area (Å²) in [6, 6.07) is 72.6. The molecule has 0 aliphatic heterocycles. The molecule has 0 aliphatic carbocycles. The molecule has 0 aliphatic rings. The van der Waals surface area contributed by atoms with E-state index in [2.05, 4.69) is 226 Å². The Labute approximate surface area is 343 Å². The molecule has 1 atom stereocenters. The van der Waals surface area contributed by atoms with Gasteiger partial charge < -0.3 is 0 Å². The molecule has 0 N–H and O–H groups in total. The zero-order valence-electron chi connectivity index (χ0n) is 30.7. The first-order valence-corrected chi connectivity index (χ1v) is 25.9. The molecule has 11 rings (SSSR count). The van der Waals surface area contributed by atoms with Crippen molar-refractivity contribution in [3.05, 3.63) is 206 Å². The summed E-state index contributed by atoms with van der Waals surface area (Å²) >= 11 is 10.7. The molecule has 1 unspecified atom stereocenters. The zero-order chi connectivity index (χ0) is 38.1. The molecule has 0 bridgehead atoms. The SMILES string of the molecule is S=P(c1ccccc1)(c1ccc2ccccc2c1)c1ccc2c(c1)nc1c3c4ccccc4ccc3c3ccc(P(=[Se])(c4ccccc4)c4ccccc4)cc3n21. The number of hydrogen-bond donors (Lipinski definition) is 0. The Bertz CT molecular complexity index is 3430. The summed E-state index contributed by atoms with van der Waals surface area (Å²) in [6.45, 7) is 0. The van der Waals surface area contributed by atoms with Crippen molar-refractivity contribution < 1.29 is 0 Å². The molecule has 0 fully saturated rings. The van der Waals surface area contributed by atoms with Crippen molar-refractivity contribution in [2.24, 2.45) is 0 Å². The third kappa shape index (κ3) is 5.40. The Morgan fingerprint density at radius 2 is 0.947 bits per heavy atom. The van der Waals surface area contributed by atoms with E-state index in [1.165, 1.54) is 64.2 Å². The van der Waals surface area contributed by atoms with E-state index in [1.807, 2.05) is 0 Å². The van der Waals surface area contributed by atoms with Gasteiger partial charge in [0.15, 0.2) is 0 Å². The third-order valence-corrected chi connectivity index (χ3v) is 23.5. The standard InChI is InChI=1S/C51H34N2P2SSe/c56-54(38-17-4-1-5-18-38,41-26-24-35-14-10-11-16-37(35)32-41)42-28-31-48-47(33-42)52-51-50-44-23-13-12-15-36(44)25-29-46(50)45-30-27-43(34-49(45)53(48)51)55(57,39-19-6-2-7-20-39)40-21-8-3-9-22-40/h1-34H. The van der Waals surface area contributed by atoms with Gasteiger partial charge in [0.1, 0.15) is 0 Å². The van der Waals surface area contributed by atoms with Crippen molar-refractivity contribution in [2.45, 2.75) is 0 Å². The number of nitrogens with zero attached hydrogens (tertiary/aromatic N) is 2. The van der Waals surface area contributed by atoms with Crippen molar-refractivity contribution in [3.63, 3.8) is 0 Å². The predicted octanol–water partition coefficient (Wildman–Crippen LogP) is 10.2. The number of pyridine rings is 1. The van der Waals surface area contributed by atoms with Gasteiger partial charge in [0.05, 0.1) is 0 Å². The maximum atomic E-state index is 6.95. The molecule has 270 valence electrons. The van der Waals surface area contributed by atoms with Crippen molar-refractivity contribution in [1.29, 1.82) is 0 Å². The number of aromatic nitrogens is 2. The number of imidazole rings is 1. The predicted molar refractivity (Wildman–Crippen MR) is 253 cm³/mol. The van der Waals surface area contributed by atoms with Gasteiger partial charge in [-0.05, 0) is 10.8 Å². The van der Waals surface area contributed by atoms with E-state index in [0.29, 0.717) is 0 Å². The topological polar surface area (TPSA) is 17.3 Å². The summed E-state index contributed by atoms with van der Waals surface area (Å²) in [4.78, 5) is 5.60. The second-order valence-corrected chi connectivity index (χ2v) is 25.2. The van der Waals surface area contributed by atoms with Gasteiger partial charge in [-0.3, -0.25) is 0 Å². The van der Waals surface area contributed by atoms with E-state index < -0.39 is 11.5 Å². The van der Waals surface area contributed by atoms with E-state index in [0.717, 1.165) is 27.5 Å². The Morgan fingerprint density at radius 1 is 0.404 bits per heavy atom. The van der Waals surface area contributed by atoms with Crippen LogP contribution < -0.4 is 31.8 Å². The van der Waals surface area contributed by atoms with Crippen LogP contribution in [0.4, 0.5) is 0 Å². The molecule has 2 nitrogen and oxygen atoms in total. The van der Waals surface area contributed by atoms with Crippen LogP contribution in [-0.2, 0) is 11.8 Å². The molecule has 0 saturated carbocycles. The summed E-state index contributed by atoms with van der Waals surface area (Å²) in [5.41, 5.74) is 1.98. The molecular formula is C51H34N2P2SSe. The first kappa shape index (κ1) is 34.8. The number of fused-ring (bicyclic) bond motifs is 11. The van der Waals surface area contributed by atoms with E-state index >= 15 is 0 Å². The number of rotatable bonds is 6. The van der Waals surface area contributed by atoms with Crippen molar-refractivity contribution in [1.82, 2.24) is 9.38 Å². The van der Waals surface area contributed by atoms with Crippen LogP contribution in [0.3, 0.4) is 0 Å².